The summed E-state index contributed by atoms with van der Waals surface area (Å²) in [5.74, 6) is 0.810. The average Bonchev–Trinajstić information content (AvgIpc) is 2.61. The number of benzene rings is 3. The lowest BCUT2D eigenvalue weighted by Crippen LogP contribution is -2.28. The van der Waals surface area contributed by atoms with E-state index < -0.39 is 0 Å². The normalized spacial score (nSPS) is 11.9. The van der Waals surface area contributed by atoms with Crippen LogP contribution in [0.3, 0.4) is 0 Å². The molecule has 0 bridgehead atoms. The molecule has 0 aliphatic carbocycles. The minimum atomic E-state index is -0.0274. The summed E-state index contributed by atoms with van der Waals surface area (Å²) in [4.78, 5) is 12.3. The average molecular weight is 319 g/mol. The van der Waals surface area contributed by atoms with E-state index >= 15 is 0 Å². The van der Waals surface area contributed by atoms with Gasteiger partial charge in [-0.2, -0.15) is 0 Å². The lowest BCUT2D eigenvalue weighted by Gasteiger charge is -2.15. The van der Waals surface area contributed by atoms with E-state index in [1.807, 2.05) is 43.3 Å². The van der Waals surface area contributed by atoms with Crippen LogP contribution in [-0.2, 0) is 11.2 Å². The number of amides is 1. The second kappa shape index (κ2) is 7.18. The molecule has 0 saturated heterocycles. The molecule has 3 nitrogen and oxygen atoms in total. The Morgan fingerprint density at radius 3 is 2.42 bits per heavy atom. The monoisotopic (exact) mass is 319 g/mol. The van der Waals surface area contributed by atoms with Crippen molar-refractivity contribution < 1.29 is 9.53 Å². The largest absolute Gasteiger partial charge is 0.497 e. The van der Waals surface area contributed by atoms with Crippen molar-refractivity contribution >= 4 is 16.7 Å². The molecular formula is C21H21NO2. The summed E-state index contributed by atoms with van der Waals surface area (Å²) in [6, 6.07) is 22.1. The number of hydrogen-bond acceptors (Lipinski definition) is 2. The number of fused-ring (bicyclic) bond motifs is 1. The minimum absolute atomic E-state index is 0.0147. The molecular weight excluding hydrogens is 298 g/mol. The molecule has 24 heavy (non-hydrogen) atoms. The van der Waals surface area contributed by atoms with Gasteiger partial charge in [0.2, 0.25) is 5.91 Å². The second-order valence-electron chi connectivity index (χ2n) is 5.92. The molecule has 0 saturated carbocycles. The van der Waals surface area contributed by atoms with Gasteiger partial charge >= 0.3 is 0 Å². The number of rotatable bonds is 5. The van der Waals surface area contributed by atoms with E-state index in [-0.39, 0.29) is 11.9 Å². The highest BCUT2D eigenvalue weighted by molar-refractivity contribution is 5.83. The van der Waals surface area contributed by atoms with Gasteiger partial charge in [0.05, 0.1) is 19.6 Å². The highest BCUT2D eigenvalue weighted by atomic mass is 16.5. The zero-order chi connectivity index (χ0) is 16.9. The SMILES string of the molecule is COc1ccc(CC(=O)N[C@@H](C)c2ccc3ccccc3c2)cc1. The molecule has 0 unspecified atom stereocenters. The Kier molecular flexibility index (Phi) is 4.80. The fourth-order valence-electron chi connectivity index (χ4n) is 2.78. The zero-order valence-electron chi connectivity index (χ0n) is 14.0. The Balaban J connectivity index is 1.65. The number of methoxy groups -OCH3 is 1. The number of ether oxygens (including phenoxy) is 1. The zero-order valence-corrected chi connectivity index (χ0v) is 14.0. The molecule has 122 valence electrons. The fourth-order valence-corrected chi connectivity index (χ4v) is 2.78. The van der Waals surface area contributed by atoms with Crippen LogP contribution < -0.4 is 10.1 Å². The molecule has 0 aliphatic heterocycles. The third-order valence-electron chi connectivity index (χ3n) is 4.17. The van der Waals surface area contributed by atoms with Crippen molar-refractivity contribution in [3.05, 3.63) is 77.9 Å². The quantitative estimate of drug-likeness (QED) is 0.763. The van der Waals surface area contributed by atoms with E-state index in [4.69, 9.17) is 4.74 Å². The van der Waals surface area contributed by atoms with E-state index in [0.717, 1.165) is 16.9 Å². The standard InChI is InChI=1S/C21H21NO2/c1-15(18-10-9-17-5-3-4-6-19(17)14-18)22-21(23)13-16-7-11-20(24-2)12-8-16/h3-12,14-15H,13H2,1-2H3,(H,22,23)/t15-/m0/s1. The summed E-state index contributed by atoms with van der Waals surface area (Å²) in [6.07, 6.45) is 0.363. The summed E-state index contributed by atoms with van der Waals surface area (Å²) in [5.41, 5.74) is 2.08. The third-order valence-corrected chi connectivity index (χ3v) is 4.17. The van der Waals surface area contributed by atoms with Gasteiger partial charge in [0.1, 0.15) is 5.75 Å². The van der Waals surface area contributed by atoms with Crippen molar-refractivity contribution in [2.45, 2.75) is 19.4 Å². The molecule has 1 amide bonds. The Labute approximate surface area is 142 Å². The summed E-state index contributed by atoms with van der Waals surface area (Å²) >= 11 is 0. The molecule has 0 fully saturated rings. The lowest BCUT2D eigenvalue weighted by molar-refractivity contribution is -0.121. The molecule has 1 N–H and O–H groups in total. The van der Waals surface area contributed by atoms with Crippen molar-refractivity contribution in [3.63, 3.8) is 0 Å². The lowest BCUT2D eigenvalue weighted by atomic mass is 10.0. The topological polar surface area (TPSA) is 38.3 Å². The van der Waals surface area contributed by atoms with Crippen molar-refractivity contribution in [2.75, 3.05) is 7.11 Å². The summed E-state index contributed by atoms with van der Waals surface area (Å²) in [5, 5.41) is 5.46. The Bertz CT molecular complexity index is 840. The van der Waals surface area contributed by atoms with Crippen molar-refractivity contribution in [1.82, 2.24) is 5.32 Å². The van der Waals surface area contributed by atoms with E-state index in [1.165, 1.54) is 10.8 Å². The van der Waals surface area contributed by atoms with E-state index in [9.17, 15) is 4.79 Å². The van der Waals surface area contributed by atoms with Crippen LogP contribution in [0, 0.1) is 0 Å². The van der Waals surface area contributed by atoms with E-state index in [1.54, 1.807) is 7.11 Å². The Hall–Kier alpha value is -2.81. The first-order valence-corrected chi connectivity index (χ1v) is 8.07. The fraction of sp³-hybridized carbons (Fsp3) is 0.190. The molecule has 3 aromatic rings. The number of hydrogen-bond donors (Lipinski definition) is 1. The first-order chi connectivity index (χ1) is 11.7. The second-order valence-corrected chi connectivity index (χ2v) is 5.92. The van der Waals surface area contributed by atoms with Crippen LogP contribution in [0.25, 0.3) is 10.8 Å². The van der Waals surface area contributed by atoms with Gasteiger partial charge in [0.15, 0.2) is 0 Å². The van der Waals surface area contributed by atoms with E-state index in [0.29, 0.717) is 6.42 Å². The highest BCUT2D eigenvalue weighted by Gasteiger charge is 2.10. The first-order valence-electron chi connectivity index (χ1n) is 8.07. The Morgan fingerprint density at radius 2 is 1.71 bits per heavy atom. The smallest absolute Gasteiger partial charge is 0.224 e. The maximum atomic E-state index is 12.3. The van der Waals surface area contributed by atoms with Crippen molar-refractivity contribution in [2.24, 2.45) is 0 Å². The van der Waals surface area contributed by atoms with Crippen LogP contribution in [-0.4, -0.2) is 13.0 Å². The first kappa shape index (κ1) is 16.1. The summed E-state index contributed by atoms with van der Waals surface area (Å²) in [7, 11) is 1.63. The van der Waals surface area contributed by atoms with Crippen LogP contribution in [0.15, 0.2) is 66.7 Å². The van der Waals surface area contributed by atoms with Gasteiger partial charge in [0, 0.05) is 0 Å². The summed E-state index contributed by atoms with van der Waals surface area (Å²) in [6.45, 7) is 2.01. The number of nitrogens with one attached hydrogen (secondary N) is 1. The molecule has 3 aromatic carbocycles. The van der Waals surface area contributed by atoms with Gasteiger partial charge in [-0.1, -0.05) is 48.5 Å². The number of carbonyl (C=O) groups excluding carboxylic acids is 1. The van der Waals surface area contributed by atoms with Crippen molar-refractivity contribution in [1.29, 1.82) is 0 Å². The van der Waals surface area contributed by atoms with Gasteiger partial charge in [-0.05, 0) is 47.0 Å². The van der Waals surface area contributed by atoms with Gasteiger partial charge in [-0.3, -0.25) is 4.79 Å². The predicted octanol–water partition coefficient (Wildman–Crippen LogP) is 4.27. The van der Waals surface area contributed by atoms with Crippen molar-refractivity contribution in [3.8, 4) is 5.75 Å². The van der Waals surface area contributed by atoms with Gasteiger partial charge in [-0.25, -0.2) is 0 Å². The molecule has 0 aromatic heterocycles. The molecule has 3 heteroatoms. The maximum absolute atomic E-state index is 12.3. The molecule has 0 aliphatic rings. The molecule has 0 radical (unpaired) electrons. The molecule has 0 spiro atoms. The minimum Gasteiger partial charge on any atom is -0.497 e. The van der Waals surface area contributed by atoms with Crippen LogP contribution in [0.5, 0.6) is 5.75 Å². The predicted molar refractivity (Wildman–Crippen MR) is 97.2 cm³/mol. The molecule has 1 atom stereocenters. The van der Waals surface area contributed by atoms with Crippen LogP contribution >= 0.6 is 0 Å². The summed E-state index contributed by atoms with van der Waals surface area (Å²) < 4.78 is 5.13. The third kappa shape index (κ3) is 3.74. The van der Waals surface area contributed by atoms with Gasteiger partial charge in [-0.15, -0.1) is 0 Å². The van der Waals surface area contributed by atoms with Crippen LogP contribution in [0.1, 0.15) is 24.1 Å². The molecule has 3 rings (SSSR count). The molecule has 0 heterocycles. The maximum Gasteiger partial charge on any atom is 0.224 e. The number of carbonyl (C=O) groups is 1. The van der Waals surface area contributed by atoms with Gasteiger partial charge in [0.25, 0.3) is 0 Å². The van der Waals surface area contributed by atoms with Crippen LogP contribution in [0.4, 0.5) is 0 Å². The van der Waals surface area contributed by atoms with Crippen LogP contribution in [0.2, 0.25) is 0 Å². The van der Waals surface area contributed by atoms with Gasteiger partial charge < -0.3 is 10.1 Å². The Morgan fingerprint density at radius 1 is 1.00 bits per heavy atom. The highest BCUT2D eigenvalue weighted by Crippen LogP contribution is 2.20. The van der Waals surface area contributed by atoms with E-state index in [2.05, 4.69) is 35.6 Å².